The number of benzene rings is 2. The van der Waals surface area contributed by atoms with E-state index in [1.54, 1.807) is 12.3 Å². The van der Waals surface area contributed by atoms with Gasteiger partial charge in [-0.2, -0.15) is 5.10 Å². The van der Waals surface area contributed by atoms with Crippen LogP contribution in [0.15, 0.2) is 66.3 Å². The molecule has 2 aromatic rings. The van der Waals surface area contributed by atoms with E-state index in [2.05, 4.69) is 22.4 Å². The summed E-state index contributed by atoms with van der Waals surface area (Å²) in [5, 5.41) is 8.16. The maximum absolute atomic E-state index is 5.98. The quantitative estimate of drug-likeness (QED) is 0.340. The number of para-hydroxylation sites is 1. The van der Waals surface area contributed by atoms with Crippen molar-refractivity contribution >= 4 is 35.1 Å². The Balaban J connectivity index is 1.96. The lowest BCUT2D eigenvalue weighted by atomic mass is 10.2. The van der Waals surface area contributed by atoms with Crippen LogP contribution in [-0.2, 0) is 6.61 Å². The van der Waals surface area contributed by atoms with Gasteiger partial charge in [-0.05, 0) is 42.0 Å². The van der Waals surface area contributed by atoms with Crippen LogP contribution in [0.5, 0.6) is 5.75 Å². The summed E-state index contributed by atoms with van der Waals surface area (Å²) in [7, 11) is 0. The lowest BCUT2D eigenvalue weighted by Crippen LogP contribution is -2.31. The minimum Gasteiger partial charge on any atom is -0.488 e. The van der Waals surface area contributed by atoms with Crippen LogP contribution in [0, 0.1) is 0 Å². The van der Waals surface area contributed by atoms with Crippen LogP contribution >= 0.6 is 23.8 Å². The van der Waals surface area contributed by atoms with Crippen molar-refractivity contribution < 1.29 is 4.74 Å². The number of hydrogen-bond acceptors (Lipinski definition) is 3. The first-order valence-corrected chi connectivity index (χ1v) is 8.11. The summed E-state index contributed by atoms with van der Waals surface area (Å²) in [6, 6.07) is 15.2. The third kappa shape index (κ3) is 6.02. The van der Waals surface area contributed by atoms with Gasteiger partial charge in [0.15, 0.2) is 5.11 Å². The van der Waals surface area contributed by atoms with Crippen LogP contribution < -0.4 is 15.5 Å². The van der Waals surface area contributed by atoms with Crippen molar-refractivity contribution in [1.82, 2.24) is 10.7 Å². The van der Waals surface area contributed by atoms with E-state index in [-0.39, 0.29) is 0 Å². The van der Waals surface area contributed by atoms with Crippen LogP contribution in [0.25, 0.3) is 0 Å². The van der Waals surface area contributed by atoms with E-state index in [0.717, 1.165) is 16.9 Å². The standard InChI is InChI=1S/C18H18ClN3OS/c1-2-10-20-18(24)22-21-12-15-7-3-4-9-17(15)23-13-14-6-5-8-16(19)11-14/h2-9,11-12H,1,10,13H2,(H2,20,22,24)/b21-12-. The summed E-state index contributed by atoms with van der Waals surface area (Å²) in [5.41, 5.74) is 4.59. The second kappa shape index (κ2) is 9.70. The zero-order valence-electron chi connectivity index (χ0n) is 13.0. The second-order valence-corrected chi connectivity index (χ2v) is 5.67. The fraction of sp³-hybridized carbons (Fsp3) is 0.111. The monoisotopic (exact) mass is 359 g/mol. The largest absolute Gasteiger partial charge is 0.488 e. The zero-order valence-corrected chi connectivity index (χ0v) is 14.6. The lowest BCUT2D eigenvalue weighted by molar-refractivity contribution is 0.306. The van der Waals surface area contributed by atoms with Crippen molar-refractivity contribution in [2.45, 2.75) is 6.61 Å². The van der Waals surface area contributed by atoms with Gasteiger partial charge >= 0.3 is 0 Å². The first-order valence-electron chi connectivity index (χ1n) is 7.33. The Hall–Kier alpha value is -2.37. The number of thiocarbonyl (C=S) groups is 1. The van der Waals surface area contributed by atoms with Gasteiger partial charge in [0.05, 0.1) is 6.21 Å². The van der Waals surface area contributed by atoms with E-state index in [9.17, 15) is 0 Å². The molecular formula is C18H18ClN3OS. The van der Waals surface area contributed by atoms with Crippen LogP contribution in [-0.4, -0.2) is 17.9 Å². The molecule has 0 radical (unpaired) electrons. The topological polar surface area (TPSA) is 45.7 Å². The van der Waals surface area contributed by atoms with E-state index in [0.29, 0.717) is 23.3 Å². The van der Waals surface area contributed by atoms with E-state index in [1.165, 1.54) is 0 Å². The van der Waals surface area contributed by atoms with Crippen molar-refractivity contribution in [1.29, 1.82) is 0 Å². The fourth-order valence-corrected chi connectivity index (χ4v) is 2.22. The molecule has 0 atom stereocenters. The van der Waals surface area contributed by atoms with E-state index in [4.69, 9.17) is 28.6 Å². The number of rotatable bonds is 7. The molecule has 0 unspecified atom stereocenters. The minimum absolute atomic E-state index is 0.429. The number of ether oxygens (including phenoxy) is 1. The highest BCUT2D eigenvalue weighted by atomic mass is 35.5. The van der Waals surface area contributed by atoms with Gasteiger partial charge in [-0.25, -0.2) is 0 Å². The average Bonchev–Trinajstić information content (AvgIpc) is 2.59. The van der Waals surface area contributed by atoms with Gasteiger partial charge in [0.2, 0.25) is 0 Å². The molecule has 124 valence electrons. The molecule has 0 aliphatic carbocycles. The maximum atomic E-state index is 5.98. The minimum atomic E-state index is 0.429. The normalized spacial score (nSPS) is 10.4. The van der Waals surface area contributed by atoms with E-state index >= 15 is 0 Å². The molecule has 0 heterocycles. The molecule has 4 nitrogen and oxygen atoms in total. The summed E-state index contributed by atoms with van der Waals surface area (Å²) >= 11 is 11.1. The Morgan fingerprint density at radius 1 is 1.25 bits per heavy atom. The van der Waals surface area contributed by atoms with E-state index in [1.807, 2.05) is 48.5 Å². The fourth-order valence-electron chi connectivity index (χ4n) is 1.87. The van der Waals surface area contributed by atoms with Crippen molar-refractivity contribution in [2.75, 3.05) is 6.54 Å². The van der Waals surface area contributed by atoms with Gasteiger partial charge in [-0.15, -0.1) is 6.58 Å². The molecule has 0 spiro atoms. The Bertz CT molecular complexity index is 734. The van der Waals surface area contributed by atoms with Gasteiger partial charge in [0.1, 0.15) is 12.4 Å². The molecule has 0 bridgehead atoms. The number of nitrogens with zero attached hydrogens (tertiary/aromatic N) is 1. The third-order valence-electron chi connectivity index (χ3n) is 2.98. The SMILES string of the molecule is C=CCNC(=S)N/N=C\c1ccccc1OCc1cccc(Cl)c1. The maximum Gasteiger partial charge on any atom is 0.187 e. The highest BCUT2D eigenvalue weighted by Gasteiger charge is 2.02. The van der Waals surface area contributed by atoms with Crippen LogP contribution in [0.2, 0.25) is 5.02 Å². The summed E-state index contributed by atoms with van der Waals surface area (Å²) in [5.74, 6) is 0.730. The summed E-state index contributed by atoms with van der Waals surface area (Å²) in [4.78, 5) is 0. The molecular weight excluding hydrogens is 342 g/mol. The molecule has 0 fully saturated rings. The lowest BCUT2D eigenvalue weighted by Gasteiger charge is -2.09. The molecule has 6 heteroatoms. The predicted octanol–water partition coefficient (Wildman–Crippen LogP) is 3.90. The number of halogens is 1. The van der Waals surface area contributed by atoms with Gasteiger partial charge in [0, 0.05) is 17.1 Å². The molecule has 0 aromatic heterocycles. The number of hydrogen-bond donors (Lipinski definition) is 2. The molecule has 0 amide bonds. The Kier molecular flexibility index (Phi) is 7.26. The smallest absolute Gasteiger partial charge is 0.187 e. The Labute approximate surface area is 152 Å². The van der Waals surface area contributed by atoms with Crippen molar-refractivity contribution in [3.63, 3.8) is 0 Å². The molecule has 2 aromatic carbocycles. The van der Waals surface area contributed by atoms with Crippen molar-refractivity contribution in [2.24, 2.45) is 5.10 Å². The van der Waals surface area contributed by atoms with E-state index < -0.39 is 0 Å². The summed E-state index contributed by atoms with van der Waals surface area (Å²) < 4.78 is 5.86. The van der Waals surface area contributed by atoms with Crippen LogP contribution in [0.4, 0.5) is 0 Å². The Morgan fingerprint density at radius 2 is 2.08 bits per heavy atom. The van der Waals surface area contributed by atoms with Crippen LogP contribution in [0.1, 0.15) is 11.1 Å². The summed E-state index contributed by atoms with van der Waals surface area (Å²) in [6.07, 6.45) is 3.38. The summed E-state index contributed by atoms with van der Waals surface area (Å²) in [6.45, 7) is 4.62. The number of nitrogens with one attached hydrogen (secondary N) is 2. The van der Waals surface area contributed by atoms with Crippen molar-refractivity contribution in [3.8, 4) is 5.75 Å². The van der Waals surface area contributed by atoms with Gasteiger partial charge < -0.3 is 10.1 Å². The van der Waals surface area contributed by atoms with Gasteiger partial charge in [0.25, 0.3) is 0 Å². The first-order chi connectivity index (χ1) is 11.7. The van der Waals surface area contributed by atoms with Crippen molar-refractivity contribution in [3.05, 3.63) is 77.3 Å². The average molecular weight is 360 g/mol. The molecule has 0 aliphatic heterocycles. The Morgan fingerprint density at radius 3 is 2.88 bits per heavy atom. The molecule has 2 rings (SSSR count). The van der Waals surface area contributed by atoms with Crippen LogP contribution in [0.3, 0.4) is 0 Å². The first kappa shape index (κ1) is 18.0. The van der Waals surface area contributed by atoms with Gasteiger partial charge in [-0.1, -0.05) is 41.9 Å². The second-order valence-electron chi connectivity index (χ2n) is 4.83. The zero-order chi connectivity index (χ0) is 17.2. The highest BCUT2D eigenvalue weighted by Crippen LogP contribution is 2.18. The molecule has 2 N–H and O–H groups in total. The number of hydrazone groups is 1. The molecule has 24 heavy (non-hydrogen) atoms. The van der Waals surface area contributed by atoms with Gasteiger partial charge in [-0.3, -0.25) is 5.43 Å². The molecule has 0 aliphatic rings. The molecule has 0 saturated heterocycles. The molecule has 0 saturated carbocycles. The highest BCUT2D eigenvalue weighted by molar-refractivity contribution is 7.80. The third-order valence-corrected chi connectivity index (χ3v) is 3.45. The predicted molar refractivity (Wildman–Crippen MR) is 104 cm³/mol.